The summed E-state index contributed by atoms with van der Waals surface area (Å²) in [4.78, 5) is 29.3. The normalized spacial score (nSPS) is 20.9. The molecule has 5 rings (SSSR count). The molecule has 0 saturated carbocycles. The Balaban J connectivity index is 1.28. The maximum Gasteiger partial charge on any atom is 0.241 e. The summed E-state index contributed by atoms with van der Waals surface area (Å²) in [6.07, 6.45) is 4.28. The maximum atomic E-state index is 12.4. The summed E-state index contributed by atoms with van der Waals surface area (Å²) in [5, 5.41) is 9.41. The Hall–Kier alpha value is -3.03. The van der Waals surface area contributed by atoms with Crippen LogP contribution in [0.1, 0.15) is 31.2 Å². The van der Waals surface area contributed by atoms with Gasteiger partial charge in [-0.1, -0.05) is 6.07 Å². The molecule has 31 heavy (non-hydrogen) atoms. The molecule has 2 aliphatic heterocycles. The number of carbonyl (C=O) groups is 2. The second-order valence-corrected chi connectivity index (χ2v) is 8.33. The monoisotopic (exact) mass is 418 g/mol. The number of anilines is 1. The van der Waals surface area contributed by atoms with Gasteiger partial charge >= 0.3 is 0 Å². The fourth-order valence-electron chi connectivity index (χ4n) is 4.32. The average molecular weight is 418 g/mol. The topological polar surface area (TPSA) is 96.3 Å². The van der Waals surface area contributed by atoms with Gasteiger partial charge < -0.3 is 20.4 Å². The Labute approximate surface area is 180 Å². The van der Waals surface area contributed by atoms with Crippen molar-refractivity contribution in [1.82, 2.24) is 15.6 Å². The van der Waals surface area contributed by atoms with E-state index in [2.05, 4.69) is 20.9 Å². The molecule has 2 aromatic carbocycles. The number of nitrogens with one attached hydrogen (secondary N) is 3. The molecule has 2 saturated heterocycles. The van der Waals surface area contributed by atoms with Crippen molar-refractivity contribution in [1.29, 1.82) is 0 Å². The van der Waals surface area contributed by atoms with Crippen LogP contribution in [0, 0.1) is 0 Å². The summed E-state index contributed by atoms with van der Waals surface area (Å²) in [5.41, 5.74) is 3.96. The van der Waals surface area contributed by atoms with Crippen LogP contribution in [0.2, 0.25) is 0 Å². The zero-order valence-corrected chi connectivity index (χ0v) is 17.3. The zero-order chi connectivity index (χ0) is 21.2. The standard InChI is InChI=1S/C24H26N4O3/c29-21(18-3-1-11-25-18)14-15-5-10-22-20(13-15)28-24(31-22)16-6-8-17(9-7-16)27-23(30)19-4-2-12-26-19/h5-10,13,18-19,25-26H,1-4,11-12,14H2,(H,27,30)/t18-,19-/m0/s1. The van der Waals surface area contributed by atoms with Gasteiger partial charge in [-0.05, 0) is 80.7 Å². The van der Waals surface area contributed by atoms with E-state index in [1.165, 1.54) is 0 Å². The number of rotatable bonds is 6. The van der Waals surface area contributed by atoms with Gasteiger partial charge in [0.1, 0.15) is 5.52 Å². The van der Waals surface area contributed by atoms with Crippen molar-refractivity contribution in [3.8, 4) is 11.5 Å². The number of aromatic nitrogens is 1. The van der Waals surface area contributed by atoms with Crippen LogP contribution >= 0.6 is 0 Å². The van der Waals surface area contributed by atoms with Gasteiger partial charge in [-0.25, -0.2) is 4.98 Å². The molecule has 7 nitrogen and oxygen atoms in total. The number of fused-ring (bicyclic) bond motifs is 1. The zero-order valence-electron chi connectivity index (χ0n) is 17.3. The van der Waals surface area contributed by atoms with Crippen LogP contribution in [0.3, 0.4) is 0 Å². The van der Waals surface area contributed by atoms with E-state index in [0.717, 1.165) is 61.1 Å². The van der Waals surface area contributed by atoms with Crippen molar-refractivity contribution < 1.29 is 14.0 Å². The molecular weight excluding hydrogens is 392 g/mol. The van der Waals surface area contributed by atoms with Gasteiger partial charge in [-0.15, -0.1) is 0 Å². The number of amides is 1. The van der Waals surface area contributed by atoms with E-state index in [1.54, 1.807) is 0 Å². The molecule has 3 N–H and O–H groups in total. The van der Waals surface area contributed by atoms with Gasteiger partial charge in [0.05, 0.1) is 12.1 Å². The Bertz CT molecular complexity index is 1090. The van der Waals surface area contributed by atoms with Crippen molar-refractivity contribution in [2.45, 2.75) is 44.2 Å². The summed E-state index contributed by atoms with van der Waals surface area (Å²) in [5.74, 6) is 0.749. The summed E-state index contributed by atoms with van der Waals surface area (Å²) >= 11 is 0. The van der Waals surface area contributed by atoms with Crippen LogP contribution in [-0.4, -0.2) is 41.8 Å². The van der Waals surface area contributed by atoms with Crippen LogP contribution in [0.5, 0.6) is 0 Å². The number of ketones is 1. The van der Waals surface area contributed by atoms with Crippen molar-refractivity contribution >= 4 is 28.5 Å². The predicted molar refractivity (Wildman–Crippen MR) is 119 cm³/mol. The number of hydrogen-bond donors (Lipinski definition) is 3. The van der Waals surface area contributed by atoms with E-state index in [-0.39, 0.29) is 23.8 Å². The van der Waals surface area contributed by atoms with Crippen molar-refractivity contribution in [3.05, 3.63) is 48.0 Å². The molecule has 3 heterocycles. The van der Waals surface area contributed by atoms with Gasteiger partial charge in [0.25, 0.3) is 0 Å². The first-order valence-electron chi connectivity index (χ1n) is 11.0. The molecule has 7 heteroatoms. The minimum absolute atomic E-state index is 0.00184. The first kappa shape index (κ1) is 19.9. The minimum Gasteiger partial charge on any atom is -0.436 e. The number of benzene rings is 2. The molecule has 0 unspecified atom stereocenters. The molecule has 160 valence electrons. The minimum atomic E-state index is -0.109. The Kier molecular flexibility index (Phi) is 5.53. The molecule has 0 bridgehead atoms. The maximum absolute atomic E-state index is 12.4. The number of oxazole rings is 1. The summed E-state index contributed by atoms with van der Waals surface area (Å²) < 4.78 is 5.91. The molecule has 3 aromatic rings. The molecule has 0 spiro atoms. The molecule has 0 radical (unpaired) electrons. The van der Waals surface area contributed by atoms with Crippen molar-refractivity contribution in [2.24, 2.45) is 0 Å². The van der Waals surface area contributed by atoms with Gasteiger partial charge in [0.2, 0.25) is 11.8 Å². The van der Waals surface area contributed by atoms with Gasteiger partial charge in [-0.2, -0.15) is 0 Å². The molecule has 2 aliphatic rings. The van der Waals surface area contributed by atoms with Gasteiger partial charge in [0, 0.05) is 17.7 Å². The van der Waals surface area contributed by atoms with Gasteiger partial charge in [0.15, 0.2) is 11.4 Å². The lowest BCUT2D eigenvalue weighted by atomic mass is 10.0. The van der Waals surface area contributed by atoms with E-state index in [9.17, 15) is 9.59 Å². The van der Waals surface area contributed by atoms with Crippen LogP contribution in [-0.2, 0) is 16.0 Å². The SMILES string of the molecule is O=C(Cc1ccc2oc(-c3ccc(NC(=O)[C@@H]4CCCN4)cc3)nc2c1)[C@@H]1CCCN1. The van der Waals surface area contributed by atoms with Gasteiger partial charge in [-0.3, -0.25) is 9.59 Å². The highest BCUT2D eigenvalue weighted by Gasteiger charge is 2.23. The van der Waals surface area contributed by atoms with E-state index in [0.29, 0.717) is 17.9 Å². The molecule has 2 fully saturated rings. The first-order chi connectivity index (χ1) is 15.2. The van der Waals surface area contributed by atoms with Crippen LogP contribution in [0.25, 0.3) is 22.6 Å². The molecular formula is C24H26N4O3. The number of Topliss-reactive ketones (excluding diaryl/α,β-unsaturated/α-hetero) is 1. The fraction of sp³-hybridized carbons (Fsp3) is 0.375. The fourth-order valence-corrected chi connectivity index (χ4v) is 4.32. The summed E-state index contributed by atoms with van der Waals surface area (Å²) in [6.45, 7) is 1.81. The highest BCUT2D eigenvalue weighted by Crippen LogP contribution is 2.26. The highest BCUT2D eigenvalue weighted by atomic mass is 16.3. The lowest BCUT2D eigenvalue weighted by Crippen LogP contribution is -2.35. The van der Waals surface area contributed by atoms with Crippen LogP contribution < -0.4 is 16.0 Å². The van der Waals surface area contributed by atoms with Crippen LogP contribution in [0.15, 0.2) is 46.9 Å². The lowest BCUT2D eigenvalue weighted by Gasteiger charge is -2.11. The molecule has 2 atom stereocenters. The van der Waals surface area contributed by atoms with Crippen molar-refractivity contribution in [2.75, 3.05) is 18.4 Å². The largest absolute Gasteiger partial charge is 0.436 e. The van der Waals surface area contributed by atoms with E-state index < -0.39 is 0 Å². The first-order valence-corrected chi connectivity index (χ1v) is 11.0. The third-order valence-electron chi connectivity index (χ3n) is 6.06. The Morgan fingerprint density at radius 2 is 1.74 bits per heavy atom. The molecule has 1 aromatic heterocycles. The second kappa shape index (κ2) is 8.61. The highest BCUT2D eigenvalue weighted by molar-refractivity contribution is 5.95. The average Bonchev–Trinajstić information content (AvgIpc) is 3.55. The third kappa shape index (κ3) is 4.38. The predicted octanol–water partition coefficient (Wildman–Crippen LogP) is 3.05. The Morgan fingerprint density at radius 3 is 2.45 bits per heavy atom. The lowest BCUT2D eigenvalue weighted by molar-refractivity contribution is -0.120. The summed E-state index contributed by atoms with van der Waals surface area (Å²) in [7, 11) is 0. The third-order valence-corrected chi connectivity index (χ3v) is 6.06. The molecule has 0 aliphatic carbocycles. The second-order valence-electron chi connectivity index (χ2n) is 8.33. The number of hydrogen-bond acceptors (Lipinski definition) is 6. The van der Waals surface area contributed by atoms with Crippen LogP contribution in [0.4, 0.5) is 5.69 Å². The number of carbonyl (C=O) groups excluding carboxylic acids is 2. The number of nitrogens with zero attached hydrogens (tertiary/aromatic N) is 1. The van der Waals surface area contributed by atoms with E-state index in [4.69, 9.17) is 4.42 Å². The smallest absolute Gasteiger partial charge is 0.241 e. The van der Waals surface area contributed by atoms with E-state index in [1.807, 2.05) is 42.5 Å². The summed E-state index contributed by atoms with van der Waals surface area (Å²) in [6, 6.07) is 13.1. The quantitative estimate of drug-likeness (QED) is 0.569. The van der Waals surface area contributed by atoms with Crippen molar-refractivity contribution in [3.63, 3.8) is 0 Å². The Morgan fingerprint density at radius 1 is 1.00 bits per heavy atom. The van der Waals surface area contributed by atoms with E-state index >= 15 is 0 Å². The molecule has 1 amide bonds.